The van der Waals surface area contributed by atoms with Crippen molar-refractivity contribution in [2.24, 2.45) is 0 Å². The molecule has 5 nitrogen and oxygen atoms in total. The predicted molar refractivity (Wildman–Crippen MR) is 95.0 cm³/mol. The van der Waals surface area contributed by atoms with Gasteiger partial charge in [-0.05, 0) is 37.0 Å². The van der Waals surface area contributed by atoms with Crippen LogP contribution in [-0.2, 0) is 6.54 Å². The zero-order chi connectivity index (χ0) is 16.8. The Morgan fingerprint density at radius 2 is 1.67 bits per heavy atom. The minimum Gasteiger partial charge on any atom is -0.395 e. The average Bonchev–Trinajstić information content (AvgIpc) is 2.64. The highest BCUT2D eigenvalue weighted by atomic mass is 16.3. The number of β-amino-alcohol motifs (C(OH)–C–C–N with tert-alkyl or cyclic N) is 1. The van der Waals surface area contributed by atoms with Crippen molar-refractivity contribution in [1.82, 2.24) is 14.7 Å². The van der Waals surface area contributed by atoms with E-state index >= 15 is 0 Å². The summed E-state index contributed by atoms with van der Waals surface area (Å²) in [5.74, 6) is 0.185. The van der Waals surface area contributed by atoms with Gasteiger partial charge in [-0.3, -0.25) is 14.6 Å². The van der Waals surface area contributed by atoms with Crippen LogP contribution in [0.3, 0.4) is 0 Å². The van der Waals surface area contributed by atoms with Crippen LogP contribution < -0.4 is 0 Å². The lowest BCUT2D eigenvalue weighted by molar-refractivity contribution is 0.0724. The van der Waals surface area contributed by atoms with Gasteiger partial charge in [0.15, 0.2) is 0 Å². The number of likely N-dealkylation sites (tertiary alicyclic amines) is 1. The van der Waals surface area contributed by atoms with Crippen LogP contribution in [0.1, 0.15) is 35.2 Å². The Bertz CT molecular complexity index is 535. The van der Waals surface area contributed by atoms with E-state index in [1.165, 1.54) is 12.0 Å². The van der Waals surface area contributed by atoms with Crippen LogP contribution in [0.25, 0.3) is 0 Å². The number of nitrogens with zero attached hydrogens (tertiary/aromatic N) is 3. The molecule has 0 saturated carbocycles. The van der Waals surface area contributed by atoms with Gasteiger partial charge in [0.2, 0.25) is 0 Å². The van der Waals surface area contributed by atoms with Crippen molar-refractivity contribution in [2.75, 3.05) is 52.4 Å². The summed E-state index contributed by atoms with van der Waals surface area (Å²) in [6.07, 6.45) is 3.50. The number of piperidine rings is 1. The first-order valence-electron chi connectivity index (χ1n) is 9.20. The van der Waals surface area contributed by atoms with E-state index in [0.717, 1.165) is 70.8 Å². The molecule has 1 amide bonds. The SMILES string of the molecule is O=C(c1cccc(CN2CCN(CCO)CC2)c1)N1CCCCC1. The molecule has 0 atom stereocenters. The van der Waals surface area contributed by atoms with Crippen LogP contribution in [0.5, 0.6) is 0 Å². The highest BCUT2D eigenvalue weighted by Gasteiger charge is 2.19. The third-order valence-electron chi connectivity index (χ3n) is 5.10. The monoisotopic (exact) mass is 331 g/mol. The molecule has 0 radical (unpaired) electrons. The largest absolute Gasteiger partial charge is 0.395 e. The van der Waals surface area contributed by atoms with Crippen molar-refractivity contribution < 1.29 is 9.90 Å². The van der Waals surface area contributed by atoms with Crippen LogP contribution in [0.15, 0.2) is 24.3 Å². The Morgan fingerprint density at radius 1 is 0.958 bits per heavy atom. The fraction of sp³-hybridized carbons (Fsp3) is 0.632. The summed E-state index contributed by atoms with van der Waals surface area (Å²) in [4.78, 5) is 19.4. The molecule has 2 saturated heterocycles. The van der Waals surface area contributed by atoms with Crippen molar-refractivity contribution in [3.8, 4) is 0 Å². The van der Waals surface area contributed by atoms with E-state index in [-0.39, 0.29) is 12.5 Å². The Hall–Kier alpha value is -1.43. The third-order valence-corrected chi connectivity index (χ3v) is 5.10. The number of aliphatic hydroxyl groups is 1. The highest BCUT2D eigenvalue weighted by molar-refractivity contribution is 5.94. The minimum atomic E-state index is 0.185. The molecule has 1 N–H and O–H groups in total. The summed E-state index contributed by atoms with van der Waals surface area (Å²) >= 11 is 0. The zero-order valence-corrected chi connectivity index (χ0v) is 14.5. The van der Waals surface area contributed by atoms with Gasteiger partial charge in [-0.25, -0.2) is 0 Å². The number of carbonyl (C=O) groups excluding carboxylic acids is 1. The molecular weight excluding hydrogens is 302 g/mol. The molecule has 2 aliphatic rings. The molecule has 2 aliphatic heterocycles. The second kappa shape index (κ2) is 8.60. The maximum atomic E-state index is 12.6. The van der Waals surface area contributed by atoms with Crippen molar-refractivity contribution in [2.45, 2.75) is 25.8 Å². The van der Waals surface area contributed by atoms with Crippen molar-refractivity contribution >= 4 is 5.91 Å². The molecule has 0 bridgehead atoms. The fourth-order valence-corrected chi connectivity index (χ4v) is 3.65. The Morgan fingerprint density at radius 3 is 2.38 bits per heavy atom. The number of piperazine rings is 1. The van der Waals surface area contributed by atoms with E-state index < -0.39 is 0 Å². The second-order valence-electron chi connectivity index (χ2n) is 6.89. The Labute approximate surface area is 144 Å². The summed E-state index contributed by atoms with van der Waals surface area (Å²) in [5, 5.41) is 9.02. The van der Waals surface area contributed by atoms with Crippen LogP contribution in [0.2, 0.25) is 0 Å². The van der Waals surface area contributed by atoms with Crippen molar-refractivity contribution in [1.29, 1.82) is 0 Å². The molecule has 3 rings (SSSR count). The lowest BCUT2D eigenvalue weighted by Gasteiger charge is -2.34. The van der Waals surface area contributed by atoms with E-state index in [1.54, 1.807) is 0 Å². The van der Waals surface area contributed by atoms with Gasteiger partial charge in [-0.15, -0.1) is 0 Å². The quantitative estimate of drug-likeness (QED) is 0.886. The Balaban J connectivity index is 1.56. The normalized spacial score (nSPS) is 20.3. The summed E-state index contributed by atoms with van der Waals surface area (Å²) < 4.78 is 0. The summed E-state index contributed by atoms with van der Waals surface area (Å²) in [5.41, 5.74) is 2.04. The maximum Gasteiger partial charge on any atom is 0.253 e. The number of aliphatic hydroxyl groups excluding tert-OH is 1. The number of carbonyl (C=O) groups is 1. The van der Waals surface area contributed by atoms with Crippen LogP contribution in [0, 0.1) is 0 Å². The molecule has 1 aromatic rings. The molecule has 1 aromatic carbocycles. The highest BCUT2D eigenvalue weighted by Crippen LogP contribution is 2.16. The molecular formula is C19H29N3O2. The number of hydrogen-bond donors (Lipinski definition) is 1. The summed E-state index contributed by atoms with van der Waals surface area (Å²) in [6.45, 7) is 7.75. The molecule has 0 aromatic heterocycles. The zero-order valence-electron chi connectivity index (χ0n) is 14.5. The van der Waals surface area contributed by atoms with Gasteiger partial charge in [0.25, 0.3) is 5.91 Å². The smallest absolute Gasteiger partial charge is 0.253 e. The molecule has 0 spiro atoms. The van der Waals surface area contributed by atoms with E-state index in [4.69, 9.17) is 5.11 Å². The lowest BCUT2D eigenvalue weighted by atomic mass is 10.1. The molecule has 0 unspecified atom stereocenters. The first-order chi connectivity index (χ1) is 11.8. The fourth-order valence-electron chi connectivity index (χ4n) is 3.65. The van der Waals surface area contributed by atoms with E-state index in [0.29, 0.717) is 0 Å². The predicted octanol–water partition coefficient (Wildman–Crippen LogP) is 1.42. The first kappa shape index (κ1) is 17.4. The first-order valence-corrected chi connectivity index (χ1v) is 9.20. The molecule has 24 heavy (non-hydrogen) atoms. The number of rotatable bonds is 5. The summed E-state index contributed by atoms with van der Waals surface area (Å²) in [6, 6.07) is 8.14. The van der Waals surface area contributed by atoms with E-state index in [1.807, 2.05) is 17.0 Å². The maximum absolute atomic E-state index is 12.6. The minimum absolute atomic E-state index is 0.185. The second-order valence-corrected chi connectivity index (χ2v) is 6.89. The third kappa shape index (κ3) is 4.56. The summed E-state index contributed by atoms with van der Waals surface area (Å²) in [7, 11) is 0. The van der Waals surface area contributed by atoms with E-state index in [9.17, 15) is 4.79 Å². The van der Waals surface area contributed by atoms with Gasteiger partial charge >= 0.3 is 0 Å². The number of benzene rings is 1. The molecule has 5 heteroatoms. The molecule has 0 aliphatic carbocycles. The van der Waals surface area contributed by atoms with Gasteiger partial charge in [-0.1, -0.05) is 12.1 Å². The topological polar surface area (TPSA) is 47.0 Å². The molecule has 2 fully saturated rings. The Kier molecular flexibility index (Phi) is 6.24. The lowest BCUT2D eigenvalue weighted by Crippen LogP contribution is -2.46. The van der Waals surface area contributed by atoms with Gasteiger partial charge in [0.1, 0.15) is 0 Å². The molecule has 132 valence electrons. The van der Waals surface area contributed by atoms with Gasteiger partial charge in [-0.2, -0.15) is 0 Å². The number of amides is 1. The van der Waals surface area contributed by atoms with Crippen LogP contribution in [-0.4, -0.2) is 78.1 Å². The van der Waals surface area contributed by atoms with Crippen LogP contribution >= 0.6 is 0 Å². The van der Waals surface area contributed by atoms with Gasteiger partial charge < -0.3 is 10.0 Å². The number of hydrogen-bond acceptors (Lipinski definition) is 4. The van der Waals surface area contributed by atoms with E-state index in [2.05, 4.69) is 21.9 Å². The van der Waals surface area contributed by atoms with Gasteiger partial charge in [0, 0.05) is 57.9 Å². The standard InChI is InChI=1S/C19H29N3O2/c23-14-13-20-9-11-21(12-10-20)16-17-5-4-6-18(15-17)19(24)22-7-2-1-3-8-22/h4-6,15,23H,1-3,7-14,16H2. The average molecular weight is 331 g/mol. The van der Waals surface area contributed by atoms with Crippen LogP contribution in [0.4, 0.5) is 0 Å². The molecule has 2 heterocycles. The van der Waals surface area contributed by atoms with Gasteiger partial charge in [0.05, 0.1) is 6.61 Å². The van der Waals surface area contributed by atoms with Crippen molar-refractivity contribution in [3.05, 3.63) is 35.4 Å². The van der Waals surface area contributed by atoms with Crippen molar-refractivity contribution in [3.63, 3.8) is 0 Å².